The number of benzene rings is 2. The molecule has 0 saturated carbocycles. The van der Waals surface area contributed by atoms with Gasteiger partial charge in [-0.1, -0.05) is 6.07 Å². The van der Waals surface area contributed by atoms with Crippen LogP contribution in [0.3, 0.4) is 0 Å². The molecule has 10 heteroatoms. The van der Waals surface area contributed by atoms with Crippen molar-refractivity contribution in [1.29, 1.82) is 0 Å². The lowest BCUT2D eigenvalue weighted by molar-refractivity contribution is -0.147. The Morgan fingerprint density at radius 1 is 0.900 bits per heavy atom. The minimum atomic E-state index is -0.790. The monoisotopic (exact) mass is 615 g/mol. The molecule has 2 aromatic carbocycles. The van der Waals surface area contributed by atoms with Gasteiger partial charge in [-0.05, 0) is 70.6 Å². The summed E-state index contributed by atoms with van der Waals surface area (Å²) in [4.78, 5) is 32.2. The molecule has 0 fully saturated rings. The molecule has 1 heterocycles. The number of ether oxygens (including phenoxy) is 6. The second-order valence-electron chi connectivity index (χ2n) is 9.61. The molecule has 40 heavy (non-hydrogen) atoms. The Morgan fingerprint density at radius 3 is 2.25 bits per heavy atom. The van der Waals surface area contributed by atoms with E-state index in [1.165, 1.54) is 7.11 Å². The second kappa shape index (κ2) is 12.9. The van der Waals surface area contributed by atoms with Crippen LogP contribution in [0.1, 0.15) is 42.7 Å². The lowest BCUT2D eigenvalue weighted by Crippen LogP contribution is -2.38. The number of carbonyl (C=O) groups is 2. The van der Waals surface area contributed by atoms with Gasteiger partial charge in [0.25, 0.3) is 0 Å². The molecule has 0 aromatic heterocycles. The lowest BCUT2D eigenvalue weighted by Gasteiger charge is -2.36. The Labute approximate surface area is 242 Å². The first kappa shape index (κ1) is 29.6. The molecule has 0 N–H and O–H groups in total. The van der Waals surface area contributed by atoms with E-state index in [0.29, 0.717) is 50.9 Å². The van der Waals surface area contributed by atoms with Crippen LogP contribution in [0.5, 0.6) is 23.0 Å². The van der Waals surface area contributed by atoms with E-state index in [9.17, 15) is 9.59 Å². The summed E-state index contributed by atoms with van der Waals surface area (Å²) < 4.78 is 33.2. The highest BCUT2D eigenvalue weighted by Crippen LogP contribution is 2.49. The molecule has 3 atom stereocenters. The van der Waals surface area contributed by atoms with E-state index in [4.69, 9.17) is 33.4 Å². The van der Waals surface area contributed by atoms with Crippen molar-refractivity contribution in [3.63, 3.8) is 0 Å². The molecule has 1 aliphatic carbocycles. The second-order valence-corrected chi connectivity index (χ2v) is 10.5. The topological polar surface area (TPSA) is 102 Å². The SMILES string of the molecule is COCCOC(=O)C1C(C)=NC2=C(C(=O)C[C@@H](c3ccc(OC)c(OC)c3)C2)[C@@H]1c1cc(Br)c(OC)c(OC)c1. The van der Waals surface area contributed by atoms with Gasteiger partial charge in [0.1, 0.15) is 12.5 Å². The quantitative estimate of drug-likeness (QED) is 0.264. The van der Waals surface area contributed by atoms with Crippen molar-refractivity contribution in [2.45, 2.75) is 31.6 Å². The van der Waals surface area contributed by atoms with Gasteiger partial charge in [0.05, 0.1) is 39.5 Å². The van der Waals surface area contributed by atoms with Crippen LogP contribution in [0, 0.1) is 5.92 Å². The van der Waals surface area contributed by atoms with Gasteiger partial charge in [0.2, 0.25) is 0 Å². The summed E-state index contributed by atoms with van der Waals surface area (Å²) in [6.07, 6.45) is 0.795. The minimum absolute atomic E-state index is 0.0668. The van der Waals surface area contributed by atoms with E-state index in [1.807, 2.05) is 24.3 Å². The van der Waals surface area contributed by atoms with Crippen molar-refractivity contribution in [3.8, 4) is 23.0 Å². The Kier molecular flexibility index (Phi) is 9.52. The number of Topliss-reactive ketones (excluding diaryl/α,β-unsaturated/α-hetero) is 1. The van der Waals surface area contributed by atoms with Crippen molar-refractivity contribution >= 4 is 33.4 Å². The summed E-state index contributed by atoms with van der Waals surface area (Å²) in [5.74, 6) is 0.177. The maximum atomic E-state index is 13.9. The third-order valence-electron chi connectivity index (χ3n) is 7.37. The van der Waals surface area contributed by atoms with Crippen LogP contribution in [-0.2, 0) is 19.1 Å². The molecule has 0 saturated heterocycles. The molecule has 1 unspecified atom stereocenters. The van der Waals surface area contributed by atoms with Crippen LogP contribution in [0.25, 0.3) is 0 Å². The number of methoxy groups -OCH3 is 5. The van der Waals surface area contributed by atoms with E-state index >= 15 is 0 Å². The molecule has 214 valence electrons. The number of nitrogens with zero attached hydrogens (tertiary/aromatic N) is 1. The third-order valence-corrected chi connectivity index (χ3v) is 7.96. The highest BCUT2D eigenvalue weighted by molar-refractivity contribution is 9.10. The van der Waals surface area contributed by atoms with Gasteiger partial charge < -0.3 is 28.4 Å². The maximum absolute atomic E-state index is 13.9. The number of allylic oxidation sites excluding steroid dienone is 2. The van der Waals surface area contributed by atoms with Gasteiger partial charge in [0.15, 0.2) is 28.8 Å². The molecule has 2 aromatic rings. The zero-order valence-corrected chi connectivity index (χ0v) is 25.1. The van der Waals surface area contributed by atoms with Gasteiger partial charge in [-0.2, -0.15) is 0 Å². The van der Waals surface area contributed by atoms with Crippen molar-refractivity contribution in [2.24, 2.45) is 10.9 Å². The highest BCUT2D eigenvalue weighted by atomic mass is 79.9. The van der Waals surface area contributed by atoms with Gasteiger partial charge in [-0.3, -0.25) is 14.6 Å². The van der Waals surface area contributed by atoms with Crippen molar-refractivity contribution in [3.05, 3.63) is 57.2 Å². The Bertz CT molecular complexity index is 1350. The van der Waals surface area contributed by atoms with E-state index in [2.05, 4.69) is 15.9 Å². The molecule has 0 radical (unpaired) electrons. The largest absolute Gasteiger partial charge is 0.493 e. The predicted octanol–water partition coefficient (Wildman–Crippen LogP) is 5.25. The minimum Gasteiger partial charge on any atom is -0.493 e. The fourth-order valence-corrected chi connectivity index (χ4v) is 6.12. The Balaban J connectivity index is 1.81. The number of carbonyl (C=O) groups excluding carboxylic acids is 2. The summed E-state index contributed by atoms with van der Waals surface area (Å²) in [7, 11) is 7.80. The predicted molar refractivity (Wildman–Crippen MR) is 153 cm³/mol. The smallest absolute Gasteiger partial charge is 0.315 e. The van der Waals surface area contributed by atoms with Crippen LogP contribution in [-0.4, -0.2) is 66.2 Å². The van der Waals surface area contributed by atoms with E-state index in [-0.39, 0.29) is 31.3 Å². The van der Waals surface area contributed by atoms with Crippen molar-refractivity contribution in [1.82, 2.24) is 0 Å². The number of rotatable bonds is 10. The van der Waals surface area contributed by atoms with E-state index < -0.39 is 17.8 Å². The van der Waals surface area contributed by atoms with E-state index in [1.54, 1.807) is 41.4 Å². The number of halogens is 1. The molecule has 0 spiro atoms. The van der Waals surface area contributed by atoms with Crippen LogP contribution in [0.2, 0.25) is 0 Å². The molecule has 4 rings (SSSR count). The van der Waals surface area contributed by atoms with Gasteiger partial charge >= 0.3 is 5.97 Å². The number of hydrogen-bond acceptors (Lipinski definition) is 9. The van der Waals surface area contributed by atoms with Crippen LogP contribution < -0.4 is 18.9 Å². The summed E-state index contributed by atoms with van der Waals surface area (Å²) in [6.45, 7) is 2.17. The number of aliphatic imine (C=N–C) groups is 1. The molecular weight excluding hydrogens is 582 g/mol. The summed E-state index contributed by atoms with van der Waals surface area (Å²) in [5.41, 5.74) is 3.45. The maximum Gasteiger partial charge on any atom is 0.315 e. The fraction of sp³-hybridized carbons (Fsp3) is 0.433. The first-order valence-electron chi connectivity index (χ1n) is 12.9. The van der Waals surface area contributed by atoms with E-state index in [0.717, 1.165) is 11.1 Å². The van der Waals surface area contributed by atoms with Gasteiger partial charge in [0, 0.05) is 36.4 Å². The average Bonchev–Trinajstić information content (AvgIpc) is 2.95. The van der Waals surface area contributed by atoms with Crippen LogP contribution >= 0.6 is 15.9 Å². The third kappa shape index (κ3) is 5.74. The summed E-state index contributed by atoms with van der Waals surface area (Å²) in [5, 5.41) is 0. The highest BCUT2D eigenvalue weighted by Gasteiger charge is 2.45. The van der Waals surface area contributed by atoms with Crippen LogP contribution in [0.15, 0.2) is 51.1 Å². The normalized spacial score (nSPS) is 20.4. The number of ketones is 1. The lowest BCUT2D eigenvalue weighted by atomic mass is 9.69. The first-order valence-corrected chi connectivity index (χ1v) is 13.7. The van der Waals surface area contributed by atoms with Crippen LogP contribution in [0.4, 0.5) is 0 Å². The average molecular weight is 617 g/mol. The van der Waals surface area contributed by atoms with Gasteiger partial charge in [-0.15, -0.1) is 0 Å². The zero-order valence-electron chi connectivity index (χ0n) is 23.5. The summed E-state index contributed by atoms with van der Waals surface area (Å²) >= 11 is 3.57. The van der Waals surface area contributed by atoms with Gasteiger partial charge in [-0.25, -0.2) is 0 Å². The standard InChI is InChI=1S/C30H34BrNO8/c1-16-26(30(34)40-10-9-35-2)27(19-11-20(31)29(39-6)25(15-19)38-5)28-21(32-16)12-18(13-22(28)33)17-7-8-23(36-3)24(14-17)37-4/h7-8,11,14-15,18,26-27H,9-10,12-13H2,1-6H3/t18-,26?,27+/m0/s1. The first-order chi connectivity index (χ1) is 19.3. The zero-order chi connectivity index (χ0) is 29.0. The molecule has 2 aliphatic rings. The fourth-order valence-electron chi connectivity index (χ4n) is 5.50. The molecular formula is C30H34BrNO8. The molecule has 0 amide bonds. The Hall–Kier alpha value is -3.37. The molecule has 0 bridgehead atoms. The van der Waals surface area contributed by atoms with Crippen molar-refractivity contribution in [2.75, 3.05) is 48.8 Å². The Morgan fingerprint density at radius 2 is 1.60 bits per heavy atom. The summed E-state index contributed by atoms with van der Waals surface area (Å²) in [6, 6.07) is 9.36. The number of hydrogen-bond donors (Lipinski definition) is 0. The molecule has 9 nitrogen and oxygen atoms in total. The number of esters is 1. The van der Waals surface area contributed by atoms with Crippen molar-refractivity contribution < 1.29 is 38.0 Å². The molecule has 1 aliphatic heterocycles.